The highest BCUT2D eigenvalue weighted by Crippen LogP contribution is 2.39. The number of benzene rings is 1. The van der Waals surface area contributed by atoms with Gasteiger partial charge in [-0.3, -0.25) is 4.79 Å². The third-order valence-electron chi connectivity index (χ3n) is 2.58. The molecule has 1 saturated carbocycles. The summed E-state index contributed by atoms with van der Waals surface area (Å²) < 4.78 is 16.0. The molecule has 0 atom stereocenters. The second-order valence-electron chi connectivity index (χ2n) is 3.92. The summed E-state index contributed by atoms with van der Waals surface area (Å²) in [6.07, 6.45) is 1.83. The van der Waals surface area contributed by atoms with Crippen molar-refractivity contribution in [3.05, 3.63) is 18.2 Å². The van der Waals surface area contributed by atoms with Gasteiger partial charge in [0.2, 0.25) is 5.75 Å². The van der Waals surface area contributed by atoms with Crippen LogP contribution in [0.3, 0.4) is 0 Å². The molecule has 0 spiro atoms. The number of methoxy groups -OCH3 is 1. The molecule has 0 aliphatic heterocycles. The summed E-state index contributed by atoms with van der Waals surface area (Å²) in [7, 11) is 1.54. The van der Waals surface area contributed by atoms with E-state index in [1.807, 2.05) is 6.92 Å². The topological polar surface area (TPSA) is 44.8 Å². The smallest absolute Gasteiger partial charge is 0.314 e. The van der Waals surface area contributed by atoms with E-state index in [1.54, 1.807) is 25.3 Å². The Morgan fingerprint density at radius 3 is 2.65 bits per heavy atom. The number of carbonyl (C=O) groups is 1. The van der Waals surface area contributed by atoms with Crippen molar-refractivity contribution in [2.75, 3.05) is 13.7 Å². The van der Waals surface area contributed by atoms with Crippen LogP contribution in [0.4, 0.5) is 0 Å². The molecule has 2 rings (SSSR count). The van der Waals surface area contributed by atoms with Crippen molar-refractivity contribution >= 4 is 5.97 Å². The minimum atomic E-state index is -0.199. The molecule has 0 saturated heterocycles. The lowest BCUT2D eigenvalue weighted by Crippen LogP contribution is -2.11. The van der Waals surface area contributed by atoms with Gasteiger partial charge in [0.15, 0.2) is 11.5 Å². The van der Waals surface area contributed by atoms with Crippen molar-refractivity contribution in [3.8, 4) is 17.2 Å². The standard InChI is InChI=1S/C13H16O4/c1-3-16-11-6-4-5-10(15-2)12(11)17-13(14)9-7-8-9/h4-6,9H,3,7-8H2,1-2H3. The molecule has 92 valence electrons. The molecule has 0 bridgehead atoms. The summed E-state index contributed by atoms with van der Waals surface area (Å²) >= 11 is 0. The maximum absolute atomic E-state index is 11.7. The molecule has 4 heteroatoms. The van der Waals surface area contributed by atoms with Crippen LogP contribution in [0, 0.1) is 5.92 Å². The third-order valence-corrected chi connectivity index (χ3v) is 2.58. The van der Waals surface area contributed by atoms with Gasteiger partial charge in [0.05, 0.1) is 19.6 Å². The highest BCUT2D eigenvalue weighted by atomic mass is 16.6. The molecule has 1 fully saturated rings. The number of para-hydroxylation sites is 1. The molecule has 1 aliphatic carbocycles. The number of rotatable bonds is 5. The van der Waals surface area contributed by atoms with Crippen LogP contribution < -0.4 is 14.2 Å². The molecule has 0 heterocycles. The Morgan fingerprint density at radius 1 is 1.35 bits per heavy atom. The minimum absolute atomic E-state index is 0.0504. The van der Waals surface area contributed by atoms with Crippen molar-refractivity contribution in [2.24, 2.45) is 5.92 Å². The van der Waals surface area contributed by atoms with E-state index < -0.39 is 0 Å². The van der Waals surface area contributed by atoms with E-state index in [1.165, 1.54) is 0 Å². The molecule has 1 aromatic carbocycles. The molecule has 0 amide bonds. The first-order chi connectivity index (χ1) is 8.26. The highest BCUT2D eigenvalue weighted by molar-refractivity contribution is 5.79. The Balaban J connectivity index is 2.23. The van der Waals surface area contributed by atoms with Crippen molar-refractivity contribution in [3.63, 3.8) is 0 Å². The Hall–Kier alpha value is -1.71. The van der Waals surface area contributed by atoms with Gasteiger partial charge in [-0.2, -0.15) is 0 Å². The van der Waals surface area contributed by atoms with Crippen molar-refractivity contribution in [2.45, 2.75) is 19.8 Å². The molecular formula is C13H16O4. The second kappa shape index (κ2) is 5.08. The summed E-state index contributed by atoms with van der Waals surface area (Å²) in [6, 6.07) is 5.32. The Bertz CT molecular complexity index is 410. The van der Waals surface area contributed by atoms with Gasteiger partial charge in [-0.25, -0.2) is 0 Å². The Morgan fingerprint density at radius 2 is 2.06 bits per heavy atom. The van der Waals surface area contributed by atoms with Crippen molar-refractivity contribution in [1.82, 2.24) is 0 Å². The highest BCUT2D eigenvalue weighted by Gasteiger charge is 2.32. The van der Waals surface area contributed by atoms with Crippen LogP contribution in [0.25, 0.3) is 0 Å². The summed E-state index contributed by atoms with van der Waals surface area (Å²) in [4.78, 5) is 11.7. The van der Waals surface area contributed by atoms with Crippen LogP contribution in [0.15, 0.2) is 18.2 Å². The van der Waals surface area contributed by atoms with Crippen LogP contribution in [0.5, 0.6) is 17.2 Å². The Kier molecular flexibility index (Phi) is 3.52. The van der Waals surface area contributed by atoms with Crippen molar-refractivity contribution in [1.29, 1.82) is 0 Å². The van der Waals surface area contributed by atoms with Gasteiger partial charge in [0, 0.05) is 0 Å². The maximum Gasteiger partial charge on any atom is 0.314 e. The largest absolute Gasteiger partial charge is 0.493 e. The van der Waals surface area contributed by atoms with Gasteiger partial charge in [-0.05, 0) is 31.9 Å². The average Bonchev–Trinajstić information content (AvgIpc) is 3.15. The van der Waals surface area contributed by atoms with E-state index >= 15 is 0 Å². The molecule has 4 nitrogen and oxygen atoms in total. The summed E-state index contributed by atoms with van der Waals surface area (Å²) in [5, 5.41) is 0. The van der Waals surface area contributed by atoms with E-state index in [2.05, 4.69) is 0 Å². The number of esters is 1. The minimum Gasteiger partial charge on any atom is -0.493 e. The van der Waals surface area contributed by atoms with E-state index in [-0.39, 0.29) is 11.9 Å². The summed E-state index contributed by atoms with van der Waals surface area (Å²) in [5.74, 6) is 1.30. The average molecular weight is 236 g/mol. The van der Waals surface area contributed by atoms with Gasteiger partial charge < -0.3 is 14.2 Å². The fraction of sp³-hybridized carbons (Fsp3) is 0.462. The fourth-order valence-electron chi connectivity index (χ4n) is 1.53. The maximum atomic E-state index is 11.7. The number of hydrogen-bond acceptors (Lipinski definition) is 4. The molecule has 0 unspecified atom stereocenters. The van der Waals surface area contributed by atoms with Gasteiger partial charge in [-0.15, -0.1) is 0 Å². The zero-order valence-electron chi connectivity index (χ0n) is 10.1. The first kappa shape index (κ1) is 11.8. The Labute approximate surface area is 100 Å². The molecule has 17 heavy (non-hydrogen) atoms. The predicted molar refractivity (Wildman–Crippen MR) is 62.5 cm³/mol. The number of hydrogen-bond donors (Lipinski definition) is 0. The molecule has 0 aromatic heterocycles. The fourth-order valence-corrected chi connectivity index (χ4v) is 1.53. The third kappa shape index (κ3) is 2.70. The van der Waals surface area contributed by atoms with Gasteiger partial charge in [-0.1, -0.05) is 6.07 Å². The normalized spacial score (nSPS) is 14.2. The van der Waals surface area contributed by atoms with E-state index in [0.29, 0.717) is 23.9 Å². The van der Waals surface area contributed by atoms with Gasteiger partial charge in [0.25, 0.3) is 0 Å². The monoisotopic (exact) mass is 236 g/mol. The molecular weight excluding hydrogens is 220 g/mol. The van der Waals surface area contributed by atoms with Crippen LogP contribution in [0.2, 0.25) is 0 Å². The quantitative estimate of drug-likeness (QED) is 0.581. The second-order valence-corrected chi connectivity index (χ2v) is 3.92. The summed E-state index contributed by atoms with van der Waals surface area (Å²) in [5.41, 5.74) is 0. The van der Waals surface area contributed by atoms with E-state index in [0.717, 1.165) is 12.8 Å². The number of ether oxygens (including phenoxy) is 3. The first-order valence-corrected chi connectivity index (χ1v) is 5.77. The van der Waals surface area contributed by atoms with Gasteiger partial charge in [0.1, 0.15) is 0 Å². The van der Waals surface area contributed by atoms with Crippen molar-refractivity contribution < 1.29 is 19.0 Å². The molecule has 0 radical (unpaired) electrons. The lowest BCUT2D eigenvalue weighted by molar-refractivity contribution is -0.136. The first-order valence-electron chi connectivity index (χ1n) is 5.77. The van der Waals surface area contributed by atoms with E-state index in [9.17, 15) is 4.79 Å². The molecule has 1 aromatic rings. The summed E-state index contributed by atoms with van der Waals surface area (Å²) in [6.45, 7) is 2.40. The van der Waals surface area contributed by atoms with E-state index in [4.69, 9.17) is 14.2 Å². The van der Waals surface area contributed by atoms with Crippen LogP contribution in [0.1, 0.15) is 19.8 Å². The predicted octanol–water partition coefficient (Wildman–Crippen LogP) is 2.41. The zero-order chi connectivity index (χ0) is 12.3. The van der Waals surface area contributed by atoms with Crippen LogP contribution in [-0.4, -0.2) is 19.7 Å². The lowest BCUT2D eigenvalue weighted by atomic mass is 10.3. The zero-order valence-corrected chi connectivity index (χ0v) is 10.1. The SMILES string of the molecule is CCOc1cccc(OC)c1OC(=O)C1CC1. The van der Waals surface area contributed by atoms with Crippen LogP contribution in [-0.2, 0) is 4.79 Å². The lowest BCUT2D eigenvalue weighted by Gasteiger charge is -2.13. The molecule has 0 N–H and O–H groups in total. The van der Waals surface area contributed by atoms with Gasteiger partial charge >= 0.3 is 5.97 Å². The number of carbonyl (C=O) groups excluding carboxylic acids is 1. The van der Waals surface area contributed by atoms with Crippen LogP contribution >= 0.6 is 0 Å². The molecule has 1 aliphatic rings.